The predicted octanol–water partition coefficient (Wildman–Crippen LogP) is 1.01. The lowest BCUT2D eigenvalue weighted by molar-refractivity contribution is -0.122. The minimum atomic E-state index is -0.196. The monoisotopic (exact) mass is 266 g/mol. The van der Waals surface area contributed by atoms with Crippen molar-refractivity contribution in [2.45, 2.75) is 37.8 Å². The number of carbonyl (C=O) groups is 2. The van der Waals surface area contributed by atoms with E-state index in [2.05, 4.69) is 10.6 Å². The molecule has 2 atom stereocenters. The van der Waals surface area contributed by atoms with Crippen molar-refractivity contribution in [3.05, 3.63) is 0 Å². The first-order chi connectivity index (χ1) is 7.67. The summed E-state index contributed by atoms with van der Waals surface area (Å²) in [5.74, 6) is -0.489. The van der Waals surface area contributed by atoms with Crippen LogP contribution in [0.15, 0.2) is 0 Å². The Kier molecular flexibility index (Phi) is 5.91. The van der Waals surface area contributed by atoms with Crippen molar-refractivity contribution in [2.75, 3.05) is 11.8 Å². The van der Waals surface area contributed by atoms with Crippen molar-refractivity contribution in [1.82, 2.24) is 10.6 Å². The van der Waals surface area contributed by atoms with Crippen LogP contribution >= 0.6 is 23.2 Å². The fourth-order valence-electron chi connectivity index (χ4n) is 1.97. The Bertz CT molecular complexity index is 235. The highest BCUT2D eigenvalue weighted by molar-refractivity contribution is 6.27. The maximum absolute atomic E-state index is 11.2. The van der Waals surface area contributed by atoms with Crippen molar-refractivity contribution >= 4 is 35.0 Å². The van der Waals surface area contributed by atoms with Crippen LogP contribution in [-0.4, -0.2) is 35.7 Å². The van der Waals surface area contributed by atoms with Gasteiger partial charge in [-0.05, 0) is 12.8 Å². The molecule has 92 valence electrons. The van der Waals surface area contributed by atoms with E-state index in [1.54, 1.807) is 0 Å². The molecule has 0 radical (unpaired) electrons. The molecule has 6 heteroatoms. The van der Waals surface area contributed by atoms with Crippen LogP contribution in [-0.2, 0) is 9.59 Å². The number of rotatable bonds is 4. The first-order valence-electron chi connectivity index (χ1n) is 5.38. The van der Waals surface area contributed by atoms with Crippen molar-refractivity contribution in [1.29, 1.82) is 0 Å². The van der Waals surface area contributed by atoms with Crippen molar-refractivity contribution in [2.24, 2.45) is 0 Å². The van der Waals surface area contributed by atoms with E-state index in [-0.39, 0.29) is 35.7 Å². The van der Waals surface area contributed by atoms with E-state index in [1.165, 1.54) is 0 Å². The molecule has 0 aromatic carbocycles. The molecule has 0 aliphatic heterocycles. The van der Waals surface area contributed by atoms with Gasteiger partial charge in [-0.25, -0.2) is 0 Å². The molecule has 0 bridgehead atoms. The van der Waals surface area contributed by atoms with Gasteiger partial charge in [0.2, 0.25) is 11.8 Å². The summed E-state index contributed by atoms with van der Waals surface area (Å²) in [4.78, 5) is 22.4. The zero-order chi connectivity index (χ0) is 12.0. The molecule has 0 spiro atoms. The lowest BCUT2D eigenvalue weighted by atomic mass is 9.90. The summed E-state index contributed by atoms with van der Waals surface area (Å²) in [5.41, 5.74) is 0. The third-order valence-corrected chi connectivity index (χ3v) is 3.19. The molecular weight excluding hydrogens is 251 g/mol. The number of hydrogen-bond donors (Lipinski definition) is 2. The Balaban J connectivity index is 2.49. The van der Waals surface area contributed by atoms with E-state index >= 15 is 0 Å². The van der Waals surface area contributed by atoms with Gasteiger partial charge in [0.05, 0.1) is 0 Å². The molecule has 1 saturated carbocycles. The summed E-state index contributed by atoms with van der Waals surface area (Å²) in [6, 6.07) is -0.0423. The van der Waals surface area contributed by atoms with E-state index in [4.69, 9.17) is 23.2 Å². The van der Waals surface area contributed by atoms with Crippen LogP contribution < -0.4 is 10.6 Å². The Hall–Kier alpha value is -0.480. The third kappa shape index (κ3) is 4.18. The molecule has 2 N–H and O–H groups in total. The van der Waals surface area contributed by atoms with Gasteiger partial charge in [-0.15, -0.1) is 23.2 Å². The second-order valence-electron chi connectivity index (χ2n) is 3.90. The Labute approximate surface area is 105 Å². The second kappa shape index (κ2) is 6.97. The van der Waals surface area contributed by atoms with Crippen LogP contribution in [0.4, 0.5) is 0 Å². The van der Waals surface area contributed by atoms with Crippen LogP contribution in [0.3, 0.4) is 0 Å². The molecule has 1 aliphatic carbocycles. The van der Waals surface area contributed by atoms with Crippen LogP contribution in [0.2, 0.25) is 0 Å². The van der Waals surface area contributed by atoms with E-state index in [9.17, 15) is 9.59 Å². The largest absolute Gasteiger partial charge is 0.350 e. The average molecular weight is 267 g/mol. The molecule has 1 aliphatic rings. The molecule has 2 amide bonds. The number of hydrogen-bond acceptors (Lipinski definition) is 2. The maximum atomic E-state index is 11.2. The lowest BCUT2D eigenvalue weighted by Gasteiger charge is -2.32. The van der Waals surface area contributed by atoms with E-state index in [0.29, 0.717) is 0 Å². The molecule has 0 aromatic rings. The van der Waals surface area contributed by atoms with Gasteiger partial charge in [0.25, 0.3) is 0 Å². The fourth-order valence-corrected chi connectivity index (χ4v) is 2.12. The molecule has 1 fully saturated rings. The number of nitrogens with one attached hydrogen (secondary N) is 2. The van der Waals surface area contributed by atoms with E-state index < -0.39 is 0 Å². The molecule has 0 heterocycles. The first kappa shape index (κ1) is 13.6. The third-order valence-electron chi connectivity index (χ3n) is 2.70. The van der Waals surface area contributed by atoms with Crippen LogP contribution in [0.25, 0.3) is 0 Å². The summed E-state index contributed by atoms with van der Waals surface area (Å²) in [6.45, 7) is 0. The number of carbonyl (C=O) groups excluding carboxylic acids is 2. The maximum Gasteiger partial charge on any atom is 0.235 e. The topological polar surface area (TPSA) is 58.2 Å². The van der Waals surface area contributed by atoms with Gasteiger partial charge in [0.15, 0.2) is 0 Å². The van der Waals surface area contributed by atoms with Gasteiger partial charge < -0.3 is 10.6 Å². The van der Waals surface area contributed by atoms with Crippen molar-refractivity contribution < 1.29 is 9.59 Å². The molecule has 16 heavy (non-hydrogen) atoms. The molecule has 1 rings (SSSR count). The Morgan fingerprint density at radius 2 is 1.31 bits per heavy atom. The van der Waals surface area contributed by atoms with Crippen LogP contribution in [0.5, 0.6) is 0 Å². The van der Waals surface area contributed by atoms with Gasteiger partial charge in [-0.2, -0.15) is 0 Å². The highest BCUT2D eigenvalue weighted by atomic mass is 35.5. The zero-order valence-electron chi connectivity index (χ0n) is 8.97. The van der Waals surface area contributed by atoms with Gasteiger partial charge in [-0.1, -0.05) is 12.8 Å². The number of amides is 2. The van der Waals surface area contributed by atoms with Gasteiger partial charge in [-0.3, -0.25) is 9.59 Å². The Morgan fingerprint density at radius 3 is 1.62 bits per heavy atom. The number of alkyl halides is 2. The second-order valence-corrected chi connectivity index (χ2v) is 4.43. The zero-order valence-corrected chi connectivity index (χ0v) is 10.5. The van der Waals surface area contributed by atoms with Crippen molar-refractivity contribution in [3.8, 4) is 0 Å². The van der Waals surface area contributed by atoms with Crippen molar-refractivity contribution in [3.63, 3.8) is 0 Å². The Morgan fingerprint density at radius 1 is 0.938 bits per heavy atom. The summed E-state index contributed by atoms with van der Waals surface area (Å²) in [6.07, 6.45) is 3.85. The van der Waals surface area contributed by atoms with Gasteiger partial charge in [0, 0.05) is 12.1 Å². The number of halogens is 2. The smallest absolute Gasteiger partial charge is 0.235 e. The van der Waals surface area contributed by atoms with Gasteiger partial charge in [0.1, 0.15) is 11.8 Å². The minimum Gasteiger partial charge on any atom is -0.350 e. The van der Waals surface area contributed by atoms with Gasteiger partial charge >= 0.3 is 0 Å². The quantitative estimate of drug-likeness (QED) is 0.747. The predicted molar refractivity (Wildman–Crippen MR) is 63.8 cm³/mol. The highest BCUT2D eigenvalue weighted by Gasteiger charge is 2.27. The lowest BCUT2D eigenvalue weighted by Crippen LogP contribution is -2.53. The molecule has 0 saturated heterocycles. The molecule has 0 unspecified atom stereocenters. The van der Waals surface area contributed by atoms with Crippen LogP contribution in [0.1, 0.15) is 25.7 Å². The summed E-state index contributed by atoms with van der Waals surface area (Å²) in [7, 11) is 0. The van der Waals surface area contributed by atoms with E-state index in [0.717, 1.165) is 25.7 Å². The normalized spacial score (nSPS) is 24.9. The molecule has 4 nitrogen and oxygen atoms in total. The summed E-state index contributed by atoms with van der Waals surface area (Å²) >= 11 is 10.9. The van der Waals surface area contributed by atoms with Crippen LogP contribution in [0, 0.1) is 0 Å². The SMILES string of the molecule is O=C(CCl)N[C@H]1CCCC[C@H]1NC(=O)CCl. The minimum absolute atomic E-state index is 0.0211. The first-order valence-corrected chi connectivity index (χ1v) is 6.45. The summed E-state index contributed by atoms with van der Waals surface area (Å²) < 4.78 is 0. The average Bonchev–Trinajstić information content (AvgIpc) is 2.31. The molecule has 0 aromatic heterocycles. The molecular formula is C10H16Cl2N2O2. The highest BCUT2D eigenvalue weighted by Crippen LogP contribution is 2.18. The summed E-state index contributed by atoms with van der Waals surface area (Å²) in [5, 5.41) is 5.64. The fraction of sp³-hybridized carbons (Fsp3) is 0.800. The standard InChI is InChI=1S/C10H16Cl2N2O2/c11-5-9(15)13-7-3-1-2-4-8(7)14-10(16)6-12/h7-8H,1-6H2,(H,13,15)(H,14,16)/t7-,8+. The van der Waals surface area contributed by atoms with E-state index in [1.807, 2.05) is 0 Å².